The summed E-state index contributed by atoms with van der Waals surface area (Å²) < 4.78 is 14.9. The van der Waals surface area contributed by atoms with Crippen LogP contribution >= 0.6 is 11.8 Å². The zero-order chi connectivity index (χ0) is 19.9. The minimum atomic E-state index is -0.295. The number of aromatic nitrogens is 3. The molecule has 0 fully saturated rings. The second-order valence-electron chi connectivity index (χ2n) is 6.26. The van der Waals surface area contributed by atoms with Gasteiger partial charge in [0.1, 0.15) is 5.82 Å². The predicted octanol–water partition coefficient (Wildman–Crippen LogP) is 3.99. The number of thioether (sulfide) groups is 1. The summed E-state index contributed by atoms with van der Waals surface area (Å²) in [5.74, 6) is 0.537. The van der Waals surface area contributed by atoms with E-state index in [1.165, 1.54) is 29.5 Å². The lowest BCUT2D eigenvalue weighted by atomic mass is 10.1. The molecule has 28 heavy (non-hydrogen) atoms. The Labute approximate surface area is 167 Å². The zero-order valence-corrected chi connectivity index (χ0v) is 16.4. The first kappa shape index (κ1) is 19.8. The van der Waals surface area contributed by atoms with Gasteiger partial charge in [0.25, 0.3) is 0 Å². The van der Waals surface area contributed by atoms with Gasteiger partial charge in [-0.05, 0) is 24.6 Å². The van der Waals surface area contributed by atoms with Crippen LogP contribution in [0.2, 0.25) is 0 Å². The smallest absolute Gasteiger partial charge is 0.230 e. The number of carbonyl (C=O) groups excluding carboxylic acids is 1. The van der Waals surface area contributed by atoms with Crippen LogP contribution in [0.3, 0.4) is 0 Å². The van der Waals surface area contributed by atoms with Gasteiger partial charge in [0, 0.05) is 18.7 Å². The molecule has 0 radical (unpaired) electrons. The van der Waals surface area contributed by atoms with Crippen molar-refractivity contribution in [1.29, 1.82) is 0 Å². The Morgan fingerprint density at radius 2 is 1.89 bits per heavy atom. The van der Waals surface area contributed by atoms with Gasteiger partial charge in [0.15, 0.2) is 11.0 Å². The van der Waals surface area contributed by atoms with Gasteiger partial charge in [-0.1, -0.05) is 59.8 Å². The van der Waals surface area contributed by atoms with E-state index in [0.717, 1.165) is 17.0 Å². The van der Waals surface area contributed by atoms with Gasteiger partial charge in [-0.15, -0.1) is 16.8 Å². The summed E-state index contributed by atoms with van der Waals surface area (Å²) in [5.41, 5.74) is 2.98. The second kappa shape index (κ2) is 9.32. The van der Waals surface area contributed by atoms with Crippen LogP contribution in [0.15, 0.2) is 66.3 Å². The molecule has 0 spiro atoms. The highest BCUT2D eigenvalue weighted by Crippen LogP contribution is 2.24. The van der Waals surface area contributed by atoms with E-state index in [-0.39, 0.29) is 17.5 Å². The summed E-state index contributed by atoms with van der Waals surface area (Å²) in [6.45, 7) is 6.74. The fraction of sp³-hybridized carbons (Fsp3) is 0.190. The van der Waals surface area contributed by atoms with Crippen molar-refractivity contribution >= 4 is 17.7 Å². The van der Waals surface area contributed by atoms with Crippen molar-refractivity contribution in [2.75, 3.05) is 5.75 Å². The predicted molar refractivity (Wildman–Crippen MR) is 109 cm³/mol. The van der Waals surface area contributed by atoms with Crippen LogP contribution in [0.4, 0.5) is 4.39 Å². The topological polar surface area (TPSA) is 59.8 Å². The number of nitrogens with one attached hydrogen (secondary N) is 1. The molecule has 0 aliphatic heterocycles. The Kier molecular flexibility index (Phi) is 6.60. The molecule has 0 saturated heterocycles. The highest BCUT2D eigenvalue weighted by Gasteiger charge is 2.14. The quantitative estimate of drug-likeness (QED) is 0.462. The maximum absolute atomic E-state index is 12.9. The highest BCUT2D eigenvalue weighted by atomic mass is 32.2. The lowest BCUT2D eigenvalue weighted by molar-refractivity contribution is -0.118. The molecule has 1 heterocycles. The van der Waals surface area contributed by atoms with Crippen LogP contribution in [0.5, 0.6) is 0 Å². The largest absolute Gasteiger partial charge is 0.351 e. The molecule has 3 rings (SSSR count). The number of halogens is 1. The van der Waals surface area contributed by atoms with Gasteiger partial charge in [0.2, 0.25) is 5.91 Å². The molecule has 5 nitrogen and oxygen atoms in total. The van der Waals surface area contributed by atoms with Crippen molar-refractivity contribution in [2.45, 2.75) is 25.2 Å². The first-order valence-electron chi connectivity index (χ1n) is 8.82. The van der Waals surface area contributed by atoms with E-state index >= 15 is 0 Å². The fourth-order valence-corrected chi connectivity index (χ4v) is 3.37. The number of nitrogens with zero attached hydrogens (tertiary/aromatic N) is 3. The third-order valence-electron chi connectivity index (χ3n) is 4.07. The first-order valence-corrected chi connectivity index (χ1v) is 9.80. The minimum absolute atomic E-state index is 0.126. The Morgan fingerprint density at radius 3 is 2.57 bits per heavy atom. The summed E-state index contributed by atoms with van der Waals surface area (Å²) >= 11 is 1.32. The number of carbonyl (C=O) groups is 1. The minimum Gasteiger partial charge on any atom is -0.351 e. The average molecular weight is 396 g/mol. The van der Waals surface area contributed by atoms with Crippen molar-refractivity contribution in [3.8, 4) is 11.4 Å². The van der Waals surface area contributed by atoms with E-state index in [1.807, 2.05) is 35.8 Å². The van der Waals surface area contributed by atoms with E-state index in [4.69, 9.17) is 0 Å². The van der Waals surface area contributed by atoms with Crippen LogP contribution in [0.25, 0.3) is 11.4 Å². The Balaban J connectivity index is 1.63. The van der Waals surface area contributed by atoms with Crippen LogP contribution in [0, 0.1) is 12.7 Å². The van der Waals surface area contributed by atoms with E-state index in [1.54, 1.807) is 18.2 Å². The third kappa shape index (κ3) is 5.07. The van der Waals surface area contributed by atoms with Crippen molar-refractivity contribution in [2.24, 2.45) is 0 Å². The van der Waals surface area contributed by atoms with E-state index in [9.17, 15) is 9.18 Å². The number of aryl methyl sites for hydroxylation is 1. The summed E-state index contributed by atoms with van der Waals surface area (Å²) in [6, 6.07) is 14.1. The molecule has 1 amide bonds. The van der Waals surface area contributed by atoms with Crippen LogP contribution in [0.1, 0.15) is 11.1 Å². The lowest BCUT2D eigenvalue weighted by Gasteiger charge is -2.08. The monoisotopic (exact) mass is 396 g/mol. The van der Waals surface area contributed by atoms with E-state index in [0.29, 0.717) is 18.2 Å². The van der Waals surface area contributed by atoms with E-state index < -0.39 is 0 Å². The lowest BCUT2D eigenvalue weighted by Crippen LogP contribution is -2.24. The molecule has 0 unspecified atom stereocenters. The first-order chi connectivity index (χ1) is 13.6. The SMILES string of the molecule is C=CCn1c(SCC(=O)NCc2ccc(F)cc2)nnc1-c1ccc(C)cc1. The molecule has 0 atom stereocenters. The Bertz CT molecular complexity index is 952. The molecule has 1 aromatic heterocycles. The summed E-state index contributed by atoms with van der Waals surface area (Å²) in [6.07, 6.45) is 1.78. The molecule has 0 bridgehead atoms. The highest BCUT2D eigenvalue weighted by molar-refractivity contribution is 7.99. The molecule has 2 aromatic carbocycles. The standard InChI is InChI=1S/C21H21FN4OS/c1-3-12-26-20(17-8-4-15(2)5-9-17)24-25-21(26)28-14-19(27)23-13-16-6-10-18(22)11-7-16/h3-11H,1,12-14H2,2H3,(H,23,27). The van der Waals surface area contributed by atoms with E-state index in [2.05, 4.69) is 22.1 Å². The van der Waals surface area contributed by atoms with Crippen molar-refractivity contribution in [3.63, 3.8) is 0 Å². The molecule has 0 saturated carbocycles. The molecule has 0 aliphatic rings. The van der Waals surface area contributed by atoms with Gasteiger partial charge in [0.05, 0.1) is 5.75 Å². The number of allylic oxidation sites excluding steroid dienone is 1. The van der Waals surface area contributed by atoms with Gasteiger partial charge in [-0.3, -0.25) is 9.36 Å². The second-order valence-corrected chi connectivity index (χ2v) is 7.21. The Hall–Kier alpha value is -2.93. The molecule has 7 heteroatoms. The molecule has 1 N–H and O–H groups in total. The van der Waals surface area contributed by atoms with Crippen LogP contribution in [-0.4, -0.2) is 26.4 Å². The third-order valence-corrected chi connectivity index (χ3v) is 5.04. The molecule has 3 aromatic rings. The van der Waals surface area contributed by atoms with Crippen LogP contribution in [-0.2, 0) is 17.9 Å². The number of benzene rings is 2. The zero-order valence-electron chi connectivity index (χ0n) is 15.6. The maximum Gasteiger partial charge on any atom is 0.230 e. The van der Waals surface area contributed by atoms with Crippen molar-refractivity contribution in [3.05, 3.63) is 78.1 Å². The average Bonchev–Trinajstić information content (AvgIpc) is 3.09. The number of amides is 1. The maximum atomic E-state index is 12.9. The summed E-state index contributed by atoms with van der Waals surface area (Å²) in [7, 11) is 0. The van der Waals surface area contributed by atoms with Crippen LogP contribution < -0.4 is 5.32 Å². The van der Waals surface area contributed by atoms with Gasteiger partial charge in [-0.2, -0.15) is 0 Å². The number of rotatable bonds is 8. The Morgan fingerprint density at radius 1 is 1.18 bits per heavy atom. The summed E-state index contributed by atoms with van der Waals surface area (Å²) in [4.78, 5) is 12.2. The van der Waals surface area contributed by atoms with Gasteiger partial charge in [-0.25, -0.2) is 4.39 Å². The van der Waals surface area contributed by atoms with Crippen molar-refractivity contribution < 1.29 is 9.18 Å². The number of hydrogen-bond acceptors (Lipinski definition) is 4. The number of hydrogen-bond donors (Lipinski definition) is 1. The van der Waals surface area contributed by atoms with Crippen molar-refractivity contribution in [1.82, 2.24) is 20.1 Å². The fourth-order valence-electron chi connectivity index (χ4n) is 2.59. The molecular weight excluding hydrogens is 375 g/mol. The van der Waals surface area contributed by atoms with Gasteiger partial charge >= 0.3 is 0 Å². The summed E-state index contributed by atoms with van der Waals surface area (Å²) in [5, 5.41) is 12.0. The molecule has 144 valence electrons. The normalized spacial score (nSPS) is 10.6. The molecular formula is C21H21FN4OS. The van der Waals surface area contributed by atoms with Gasteiger partial charge < -0.3 is 5.32 Å². The molecule has 0 aliphatic carbocycles.